The number of aryl methyl sites for hydroxylation is 1. The van der Waals surface area contributed by atoms with Gasteiger partial charge in [-0.2, -0.15) is 0 Å². The molecule has 5 nitrogen and oxygen atoms in total. The molecule has 0 aliphatic rings. The summed E-state index contributed by atoms with van der Waals surface area (Å²) in [6.45, 7) is 3.22. The van der Waals surface area contributed by atoms with Gasteiger partial charge < -0.3 is 15.7 Å². The molecule has 0 saturated carbocycles. The van der Waals surface area contributed by atoms with Crippen molar-refractivity contribution < 1.29 is 14.7 Å². The lowest BCUT2D eigenvalue weighted by Crippen LogP contribution is -2.42. The minimum absolute atomic E-state index is 0.212. The monoisotopic (exact) mass is 314 g/mol. The molecule has 0 aliphatic heterocycles. The van der Waals surface area contributed by atoms with Crippen LogP contribution < -0.4 is 10.6 Å². The largest absolute Gasteiger partial charge is 0.394 e. The Hall–Kier alpha value is -1.40. The van der Waals surface area contributed by atoms with E-state index in [-0.39, 0.29) is 6.61 Å². The van der Waals surface area contributed by atoms with E-state index in [1.54, 1.807) is 19.1 Å². The highest BCUT2D eigenvalue weighted by molar-refractivity contribution is 9.10. The van der Waals surface area contributed by atoms with Gasteiger partial charge in [0.1, 0.15) is 0 Å². The van der Waals surface area contributed by atoms with Crippen molar-refractivity contribution in [2.24, 2.45) is 0 Å². The van der Waals surface area contributed by atoms with E-state index < -0.39 is 17.9 Å². The van der Waals surface area contributed by atoms with E-state index in [0.717, 1.165) is 10.0 Å². The van der Waals surface area contributed by atoms with Gasteiger partial charge in [-0.25, -0.2) is 0 Å². The van der Waals surface area contributed by atoms with Gasteiger partial charge in [-0.15, -0.1) is 0 Å². The molecule has 1 unspecified atom stereocenters. The van der Waals surface area contributed by atoms with Crippen LogP contribution in [0.4, 0.5) is 5.69 Å². The van der Waals surface area contributed by atoms with Crippen LogP contribution in [0.3, 0.4) is 0 Å². The van der Waals surface area contributed by atoms with Crippen LogP contribution in [0.2, 0.25) is 0 Å². The average Bonchev–Trinajstić information content (AvgIpc) is 2.32. The van der Waals surface area contributed by atoms with Crippen LogP contribution in [-0.2, 0) is 9.59 Å². The number of nitrogens with one attached hydrogen (secondary N) is 2. The first-order valence-electron chi connectivity index (χ1n) is 5.43. The summed E-state index contributed by atoms with van der Waals surface area (Å²) >= 11 is 3.31. The maximum absolute atomic E-state index is 11.6. The molecule has 0 radical (unpaired) electrons. The zero-order valence-corrected chi connectivity index (χ0v) is 11.7. The van der Waals surface area contributed by atoms with E-state index in [2.05, 4.69) is 26.6 Å². The van der Waals surface area contributed by atoms with Crippen molar-refractivity contribution in [2.45, 2.75) is 19.9 Å². The Balaban J connectivity index is 2.67. The Kier molecular flexibility index (Phi) is 5.30. The van der Waals surface area contributed by atoms with E-state index in [9.17, 15) is 9.59 Å². The van der Waals surface area contributed by atoms with Gasteiger partial charge in [-0.3, -0.25) is 9.59 Å². The minimum Gasteiger partial charge on any atom is -0.394 e. The zero-order valence-electron chi connectivity index (χ0n) is 10.2. The molecule has 2 amide bonds. The Morgan fingerprint density at radius 2 is 2.06 bits per heavy atom. The first-order chi connectivity index (χ1) is 8.43. The van der Waals surface area contributed by atoms with E-state index in [1.165, 1.54) is 0 Å². The van der Waals surface area contributed by atoms with E-state index in [4.69, 9.17) is 5.11 Å². The fourth-order valence-corrected chi connectivity index (χ4v) is 1.76. The number of hydrogen-bond acceptors (Lipinski definition) is 3. The lowest BCUT2D eigenvalue weighted by atomic mass is 10.2. The number of halogens is 1. The summed E-state index contributed by atoms with van der Waals surface area (Å²) in [6.07, 6.45) is 0. The normalized spacial score (nSPS) is 11.8. The van der Waals surface area contributed by atoms with Crippen LogP contribution in [-0.4, -0.2) is 29.6 Å². The molecule has 1 aromatic carbocycles. The van der Waals surface area contributed by atoms with Crippen LogP contribution in [0.15, 0.2) is 22.7 Å². The van der Waals surface area contributed by atoms with Gasteiger partial charge >= 0.3 is 11.8 Å². The number of benzene rings is 1. The Morgan fingerprint density at radius 3 is 2.61 bits per heavy atom. The van der Waals surface area contributed by atoms with Gasteiger partial charge in [0.05, 0.1) is 6.61 Å². The third kappa shape index (κ3) is 4.12. The number of carbonyl (C=O) groups is 2. The smallest absolute Gasteiger partial charge is 0.313 e. The highest BCUT2D eigenvalue weighted by Gasteiger charge is 2.16. The topological polar surface area (TPSA) is 78.4 Å². The Labute approximate surface area is 114 Å². The second-order valence-corrected chi connectivity index (χ2v) is 4.89. The van der Waals surface area contributed by atoms with Crippen LogP contribution in [0.25, 0.3) is 0 Å². The molecule has 0 aliphatic carbocycles. The van der Waals surface area contributed by atoms with Crippen molar-refractivity contribution in [2.75, 3.05) is 11.9 Å². The number of anilines is 1. The fourth-order valence-electron chi connectivity index (χ4n) is 1.28. The van der Waals surface area contributed by atoms with Crippen LogP contribution in [0, 0.1) is 6.92 Å². The summed E-state index contributed by atoms with van der Waals surface area (Å²) < 4.78 is 0.899. The Morgan fingerprint density at radius 1 is 1.39 bits per heavy atom. The molecule has 1 rings (SSSR count). The lowest BCUT2D eigenvalue weighted by Gasteiger charge is -2.12. The number of aliphatic hydroxyl groups is 1. The quantitative estimate of drug-likeness (QED) is 0.733. The molecule has 98 valence electrons. The SMILES string of the molecule is Cc1cc(Br)ccc1NC(=O)C(=O)NC(C)CO. The highest BCUT2D eigenvalue weighted by Crippen LogP contribution is 2.19. The molecule has 0 heterocycles. The first-order valence-corrected chi connectivity index (χ1v) is 6.22. The maximum atomic E-state index is 11.6. The van der Waals surface area contributed by atoms with Gasteiger partial charge in [-0.1, -0.05) is 15.9 Å². The lowest BCUT2D eigenvalue weighted by molar-refractivity contribution is -0.136. The van der Waals surface area contributed by atoms with Gasteiger partial charge in [-0.05, 0) is 37.6 Å². The number of hydrogen-bond donors (Lipinski definition) is 3. The molecule has 1 atom stereocenters. The van der Waals surface area contributed by atoms with Crippen LogP contribution in [0.5, 0.6) is 0 Å². The summed E-state index contributed by atoms with van der Waals surface area (Å²) in [7, 11) is 0. The second kappa shape index (κ2) is 6.51. The van der Waals surface area contributed by atoms with Crippen molar-refractivity contribution in [3.05, 3.63) is 28.2 Å². The molecule has 3 N–H and O–H groups in total. The van der Waals surface area contributed by atoms with Gasteiger partial charge in [0, 0.05) is 16.2 Å². The first kappa shape index (κ1) is 14.7. The molecule has 0 bridgehead atoms. The fraction of sp³-hybridized carbons (Fsp3) is 0.333. The van der Waals surface area contributed by atoms with Crippen molar-refractivity contribution in [3.63, 3.8) is 0 Å². The van der Waals surface area contributed by atoms with Crippen LogP contribution in [0.1, 0.15) is 12.5 Å². The predicted molar refractivity (Wildman–Crippen MR) is 72.2 cm³/mol. The molecule has 0 saturated heterocycles. The molecular weight excluding hydrogens is 300 g/mol. The zero-order chi connectivity index (χ0) is 13.7. The Bertz CT molecular complexity index is 463. The van der Waals surface area contributed by atoms with Crippen molar-refractivity contribution in [1.29, 1.82) is 0 Å². The molecule has 0 fully saturated rings. The standard InChI is InChI=1S/C12H15BrN2O3/c1-7-5-9(13)3-4-10(7)15-12(18)11(17)14-8(2)6-16/h3-5,8,16H,6H2,1-2H3,(H,14,17)(H,15,18). The highest BCUT2D eigenvalue weighted by atomic mass is 79.9. The predicted octanol–water partition coefficient (Wildman–Crippen LogP) is 1.19. The van der Waals surface area contributed by atoms with Gasteiger partial charge in [0.15, 0.2) is 0 Å². The van der Waals surface area contributed by atoms with E-state index in [1.807, 2.05) is 13.0 Å². The summed E-state index contributed by atoms with van der Waals surface area (Å²) in [5.41, 5.74) is 1.43. The summed E-state index contributed by atoms with van der Waals surface area (Å²) in [5.74, 6) is -1.51. The molecule has 6 heteroatoms. The summed E-state index contributed by atoms with van der Waals surface area (Å²) in [5, 5.41) is 13.7. The van der Waals surface area contributed by atoms with Crippen LogP contribution >= 0.6 is 15.9 Å². The molecule has 0 spiro atoms. The summed E-state index contributed by atoms with van der Waals surface area (Å²) in [4.78, 5) is 23.0. The number of rotatable bonds is 3. The number of amides is 2. The van der Waals surface area contributed by atoms with Gasteiger partial charge in [0.2, 0.25) is 0 Å². The minimum atomic E-state index is -0.765. The molecule has 18 heavy (non-hydrogen) atoms. The van der Waals surface area contributed by atoms with Crippen molar-refractivity contribution in [3.8, 4) is 0 Å². The number of carbonyl (C=O) groups excluding carboxylic acids is 2. The average molecular weight is 315 g/mol. The molecule has 0 aromatic heterocycles. The van der Waals surface area contributed by atoms with Crippen molar-refractivity contribution in [1.82, 2.24) is 5.32 Å². The van der Waals surface area contributed by atoms with Crippen molar-refractivity contribution >= 4 is 33.4 Å². The third-order valence-electron chi connectivity index (χ3n) is 2.29. The number of aliphatic hydroxyl groups excluding tert-OH is 1. The second-order valence-electron chi connectivity index (χ2n) is 3.97. The van der Waals surface area contributed by atoms with E-state index in [0.29, 0.717) is 5.69 Å². The molecule has 1 aromatic rings. The summed E-state index contributed by atoms with van der Waals surface area (Å²) in [6, 6.07) is 4.87. The molecular formula is C12H15BrN2O3. The maximum Gasteiger partial charge on any atom is 0.313 e. The third-order valence-corrected chi connectivity index (χ3v) is 2.79. The van der Waals surface area contributed by atoms with Gasteiger partial charge in [0.25, 0.3) is 0 Å². The van der Waals surface area contributed by atoms with E-state index >= 15 is 0 Å².